The third-order valence-electron chi connectivity index (χ3n) is 3.68. The minimum atomic E-state index is -1.11. The predicted molar refractivity (Wildman–Crippen MR) is 76.1 cm³/mol. The number of carbonyl (C=O) groups is 1. The Kier molecular flexibility index (Phi) is 6.09. The van der Waals surface area contributed by atoms with Gasteiger partial charge in [0.2, 0.25) is 0 Å². The number of hydrogen-bond donors (Lipinski definition) is 0. The van der Waals surface area contributed by atoms with E-state index in [9.17, 15) is 4.79 Å². The molecule has 1 aliphatic heterocycles. The average molecular weight is 269 g/mol. The zero-order valence-corrected chi connectivity index (χ0v) is 12.9. The molecule has 4 heteroatoms. The quantitative estimate of drug-likeness (QED) is 0.437. The molecule has 0 bridgehead atoms. The maximum atomic E-state index is 11.6. The second-order valence-electron chi connectivity index (χ2n) is 5.13. The van der Waals surface area contributed by atoms with Crippen molar-refractivity contribution < 1.29 is 14.3 Å². The zero-order chi connectivity index (χ0) is 13.6. The van der Waals surface area contributed by atoms with Gasteiger partial charge in [0.25, 0.3) is 0 Å². The summed E-state index contributed by atoms with van der Waals surface area (Å²) >= 11 is 0. The van der Waals surface area contributed by atoms with Gasteiger partial charge >= 0.3 is 5.97 Å². The van der Waals surface area contributed by atoms with Crippen molar-refractivity contribution in [3.8, 4) is 0 Å². The van der Waals surface area contributed by atoms with Crippen molar-refractivity contribution in [1.29, 1.82) is 0 Å². The number of allylic oxidation sites excluding steroid dienone is 1. The molecule has 1 rings (SSSR count). The summed E-state index contributed by atoms with van der Waals surface area (Å²) in [6, 6.07) is 0. The molecule has 0 spiro atoms. The Balaban J connectivity index is 2.83. The lowest BCUT2D eigenvalue weighted by Gasteiger charge is -2.45. The van der Waals surface area contributed by atoms with Crippen LogP contribution in [0.5, 0.6) is 0 Å². The second kappa shape index (κ2) is 7.09. The van der Waals surface area contributed by atoms with Gasteiger partial charge in [-0.2, -0.15) is 0 Å². The Bertz CT molecular complexity index is 293. The molecule has 1 radical (unpaired) electrons. The minimum Gasteiger partial charge on any atom is -0.457 e. The molecular weight excluding hydrogens is 244 g/mol. The normalized spacial score (nSPS) is 26.5. The summed E-state index contributed by atoms with van der Waals surface area (Å²) in [5.41, 5.74) is 0. The highest BCUT2D eigenvalue weighted by Gasteiger charge is 2.45. The Labute approximate surface area is 112 Å². The number of hydrogen-bond acceptors (Lipinski definition) is 3. The van der Waals surface area contributed by atoms with Crippen LogP contribution in [0, 0.1) is 6.92 Å². The summed E-state index contributed by atoms with van der Waals surface area (Å²) in [6.45, 7) is 11.1. The second-order valence-corrected chi connectivity index (χ2v) is 8.42. The van der Waals surface area contributed by atoms with Crippen LogP contribution in [0.2, 0.25) is 13.1 Å². The van der Waals surface area contributed by atoms with Gasteiger partial charge in [-0.15, -0.1) is 0 Å². The Morgan fingerprint density at radius 1 is 1.56 bits per heavy atom. The highest BCUT2D eigenvalue weighted by molar-refractivity contribution is 6.59. The van der Waals surface area contributed by atoms with Crippen LogP contribution in [-0.2, 0) is 14.3 Å². The molecule has 0 saturated carbocycles. The lowest BCUT2D eigenvalue weighted by Crippen LogP contribution is -2.57. The molecule has 3 nitrogen and oxygen atoms in total. The first kappa shape index (κ1) is 15.4. The Morgan fingerprint density at radius 2 is 2.28 bits per heavy atom. The number of ether oxygens (including phenoxy) is 2. The predicted octanol–water partition coefficient (Wildman–Crippen LogP) is 2.66. The van der Waals surface area contributed by atoms with Crippen molar-refractivity contribution >= 4 is 14.8 Å². The summed E-state index contributed by atoms with van der Waals surface area (Å²) in [6.07, 6.45) is 6.80. The van der Waals surface area contributed by atoms with Gasteiger partial charge in [0.15, 0.2) is 0 Å². The number of rotatable bonds is 5. The van der Waals surface area contributed by atoms with Gasteiger partial charge in [0, 0.05) is 12.7 Å². The summed E-state index contributed by atoms with van der Waals surface area (Å²) in [7, 11) is -1.11. The monoisotopic (exact) mass is 269 g/mol. The van der Waals surface area contributed by atoms with Crippen molar-refractivity contribution in [2.75, 3.05) is 6.61 Å². The molecule has 1 heterocycles. The van der Waals surface area contributed by atoms with E-state index in [-0.39, 0.29) is 17.3 Å². The van der Waals surface area contributed by atoms with E-state index in [4.69, 9.17) is 9.47 Å². The Morgan fingerprint density at radius 3 is 2.72 bits per heavy atom. The Hall–Kier alpha value is -0.613. The number of esters is 1. The molecule has 0 aromatic heterocycles. The summed E-state index contributed by atoms with van der Waals surface area (Å²) in [5.74, 6) is -0.283. The van der Waals surface area contributed by atoms with E-state index in [0.717, 1.165) is 25.9 Å². The molecule has 0 aliphatic carbocycles. The molecule has 0 N–H and O–H groups in total. The van der Waals surface area contributed by atoms with Gasteiger partial charge in [-0.1, -0.05) is 19.2 Å². The fraction of sp³-hybridized carbons (Fsp3) is 0.714. The maximum Gasteiger partial charge on any atom is 0.330 e. The zero-order valence-electron chi connectivity index (χ0n) is 11.8. The topological polar surface area (TPSA) is 35.5 Å². The standard InChI is InChI=1S/C14H25O3Si/c1-5-9-13(15)17-12(6-2)14(18(3)4)10-7-8-11-16-14/h5,9,12,18H,2,6-8,10-11H2,1,3-4H3. The third-order valence-corrected chi connectivity index (χ3v) is 6.46. The van der Waals surface area contributed by atoms with Crippen molar-refractivity contribution in [3.05, 3.63) is 19.1 Å². The van der Waals surface area contributed by atoms with Gasteiger partial charge in [0.05, 0.1) is 14.0 Å². The molecule has 1 fully saturated rings. The van der Waals surface area contributed by atoms with Crippen molar-refractivity contribution in [2.45, 2.75) is 57.0 Å². The smallest absolute Gasteiger partial charge is 0.330 e. The van der Waals surface area contributed by atoms with Crippen LogP contribution in [0.3, 0.4) is 0 Å². The minimum absolute atomic E-state index is 0.201. The lowest BCUT2D eigenvalue weighted by atomic mass is 10.0. The first-order chi connectivity index (χ1) is 8.56. The van der Waals surface area contributed by atoms with Crippen molar-refractivity contribution in [2.24, 2.45) is 0 Å². The van der Waals surface area contributed by atoms with Crippen LogP contribution in [-0.4, -0.2) is 32.7 Å². The molecule has 103 valence electrons. The van der Waals surface area contributed by atoms with Crippen LogP contribution in [0.4, 0.5) is 0 Å². The van der Waals surface area contributed by atoms with Gasteiger partial charge in [0.1, 0.15) is 6.10 Å². The molecule has 2 atom stereocenters. The number of carbonyl (C=O) groups excluding carboxylic acids is 1. The van der Waals surface area contributed by atoms with Crippen LogP contribution in [0.25, 0.3) is 0 Å². The maximum absolute atomic E-state index is 11.6. The molecular formula is C14H25O3Si. The lowest BCUT2D eigenvalue weighted by molar-refractivity contribution is -0.161. The summed E-state index contributed by atoms with van der Waals surface area (Å²) in [5, 5.41) is -0.225. The molecule has 0 amide bonds. The molecule has 18 heavy (non-hydrogen) atoms. The summed E-state index contributed by atoms with van der Waals surface area (Å²) in [4.78, 5) is 11.6. The highest BCUT2D eigenvalue weighted by Crippen LogP contribution is 2.34. The fourth-order valence-electron chi connectivity index (χ4n) is 2.64. The van der Waals surface area contributed by atoms with E-state index >= 15 is 0 Å². The van der Waals surface area contributed by atoms with Crippen molar-refractivity contribution in [1.82, 2.24) is 0 Å². The average Bonchev–Trinajstić information content (AvgIpc) is 2.37. The molecule has 1 aliphatic rings. The van der Waals surface area contributed by atoms with E-state index in [1.54, 1.807) is 6.08 Å². The SMILES string of the molecule is [CH2]CC(OC(=O)C=CC)C1([SiH](C)C)CCCCO1. The fourth-order valence-corrected chi connectivity index (χ4v) is 4.85. The van der Waals surface area contributed by atoms with Gasteiger partial charge in [-0.3, -0.25) is 0 Å². The van der Waals surface area contributed by atoms with Crippen LogP contribution in [0.15, 0.2) is 12.2 Å². The van der Waals surface area contributed by atoms with Crippen LogP contribution >= 0.6 is 0 Å². The first-order valence-corrected chi connectivity index (χ1v) is 9.72. The van der Waals surface area contributed by atoms with Crippen molar-refractivity contribution in [3.63, 3.8) is 0 Å². The van der Waals surface area contributed by atoms with E-state index in [0.29, 0.717) is 6.42 Å². The van der Waals surface area contributed by atoms with Crippen LogP contribution < -0.4 is 0 Å². The largest absolute Gasteiger partial charge is 0.457 e. The van der Waals surface area contributed by atoms with E-state index in [1.165, 1.54) is 6.08 Å². The van der Waals surface area contributed by atoms with Crippen LogP contribution in [0.1, 0.15) is 32.6 Å². The van der Waals surface area contributed by atoms with E-state index < -0.39 is 8.80 Å². The van der Waals surface area contributed by atoms with Gasteiger partial charge < -0.3 is 9.47 Å². The first-order valence-electron chi connectivity index (χ1n) is 6.83. The molecule has 0 aromatic rings. The molecule has 2 unspecified atom stereocenters. The highest BCUT2D eigenvalue weighted by atomic mass is 28.3. The molecule has 1 saturated heterocycles. The van der Waals surface area contributed by atoms with E-state index in [1.807, 2.05) is 6.92 Å². The van der Waals surface area contributed by atoms with Gasteiger partial charge in [-0.05, 0) is 39.5 Å². The van der Waals surface area contributed by atoms with E-state index in [2.05, 4.69) is 20.0 Å². The molecule has 0 aromatic carbocycles. The van der Waals surface area contributed by atoms with Gasteiger partial charge in [-0.25, -0.2) is 4.79 Å². The summed E-state index contributed by atoms with van der Waals surface area (Å²) < 4.78 is 11.6. The third kappa shape index (κ3) is 3.45.